The summed E-state index contributed by atoms with van der Waals surface area (Å²) in [6, 6.07) is 7.68. The number of carbonyl (C=O) groups excluding carboxylic acids is 1. The zero-order valence-electron chi connectivity index (χ0n) is 11.2. The van der Waals surface area contributed by atoms with E-state index in [0.717, 1.165) is 18.7 Å². The standard InChI is InChI=1S/C14H21NO3/c1-4-15-9-12-6-5-7-13(8-12)17-10-14(16)18-11(2)3/h5-8,11,15H,4,9-10H2,1-3H3. The molecule has 0 heterocycles. The highest BCUT2D eigenvalue weighted by molar-refractivity contribution is 5.71. The molecule has 0 bridgehead atoms. The third-order valence-electron chi connectivity index (χ3n) is 2.20. The lowest BCUT2D eigenvalue weighted by Gasteiger charge is -2.10. The molecule has 1 N–H and O–H groups in total. The van der Waals surface area contributed by atoms with E-state index >= 15 is 0 Å². The van der Waals surface area contributed by atoms with Crippen LogP contribution in [0, 0.1) is 0 Å². The monoisotopic (exact) mass is 251 g/mol. The van der Waals surface area contributed by atoms with Gasteiger partial charge in [-0.1, -0.05) is 19.1 Å². The number of benzene rings is 1. The molecule has 4 nitrogen and oxygen atoms in total. The molecule has 18 heavy (non-hydrogen) atoms. The van der Waals surface area contributed by atoms with E-state index < -0.39 is 0 Å². The van der Waals surface area contributed by atoms with E-state index in [1.807, 2.05) is 38.1 Å². The molecule has 0 saturated carbocycles. The van der Waals surface area contributed by atoms with Crippen LogP contribution in [0.1, 0.15) is 26.3 Å². The summed E-state index contributed by atoms with van der Waals surface area (Å²) in [5, 5.41) is 3.24. The van der Waals surface area contributed by atoms with Gasteiger partial charge < -0.3 is 14.8 Å². The van der Waals surface area contributed by atoms with Crippen molar-refractivity contribution < 1.29 is 14.3 Å². The number of nitrogens with one attached hydrogen (secondary N) is 1. The first-order valence-corrected chi connectivity index (χ1v) is 6.23. The molecule has 0 aromatic heterocycles. The number of hydrogen-bond acceptors (Lipinski definition) is 4. The van der Waals surface area contributed by atoms with Crippen LogP contribution < -0.4 is 10.1 Å². The van der Waals surface area contributed by atoms with Gasteiger partial charge in [0.05, 0.1) is 6.10 Å². The molecule has 0 spiro atoms. The highest BCUT2D eigenvalue weighted by atomic mass is 16.6. The van der Waals surface area contributed by atoms with E-state index in [1.165, 1.54) is 0 Å². The molecule has 0 aliphatic carbocycles. The van der Waals surface area contributed by atoms with Gasteiger partial charge in [-0.15, -0.1) is 0 Å². The van der Waals surface area contributed by atoms with Gasteiger partial charge in [-0.2, -0.15) is 0 Å². The van der Waals surface area contributed by atoms with Gasteiger partial charge in [-0.25, -0.2) is 4.79 Å². The fraction of sp³-hybridized carbons (Fsp3) is 0.500. The topological polar surface area (TPSA) is 47.6 Å². The minimum Gasteiger partial charge on any atom is -0.482 e. The third kappa shape index (κ3) is 5.68. The van der Waals surface area contributed by atoms with Gasteiger partial charge in [-0.3, -0.25) is 0 Å². The first kappa shape index (κ1) is 14.5. The lowest BCUT2D eigenvalue weighted by molar-refractivity contribution is -0.149. The van der Waals surface area contributed by atoms with Gasteiger partial charge in [0.15, 0.2) is 6.61 Å². The van der Waals surface area contributed by atoms with Crippen molar-refractivity contribution >= 4 is 5.97 Å². The number of esters is 1. The summed E-state index contributed by atoms with van der Waals surface area (Å²) < 4.78 is 10.4. The fourth-order valence-corrected chi connectivity index (χ4v) is 1.45. The first-order chi connectivity index (χ1) is 8.61. The van der Waals surface area contributed by atoms with Crippen LogP contribution in [-0.2, 0) is 16.1 Å². The molecule has 0 unspecified atom stereocenters. The van der Waals surface area contributed by atoms with Crippen molar-refractivity contribution in [3.05, 3.63) is 29.8 Å². The van der Waals surface area contributed by atoms with Gasteiger partial charge in [0.25, 0.3) is 0 Å². The molecule has 1 aromatic carbocycles. The Balaban J connectivity index is 2.44. The Labute approximate surface area is 108 Å². The lowest BCUT2D eigenvalue weighted by Crippen LogP contribution is -2.18. The van der Waals surface area contributed by atoms with Crippen LogP contribution in [0.5, 0.6) is 5.75 Å². The highest BCUT2D eigenvalue weighted by Crippen LogP contribution is 2.13. The Morgan fingerprint density at radius 3 is 2.83 bits per heavy atom. The zero-order chi connectivity index (χ0) is 13.4. The molecule has 1 aromatic rings. The molecular formula is C14H21NO3. The van der Waals surface area contributed by atoms with Gasteiger partial charge in [-0.05, 0) is 38.1 Å². The summed E-state index contributed by atoms with van der Waals surface area (Å²) in [6.45, 7) is 7.35. The summed E-state index contributed by atoms with van der Waals surface area (Å²) in [5.74, 6) is 0.341. The molecule has 0 fully saturated rings. The van der Waals surface area contributed by atoms with Crippen molar-refractivity contribution in [3.8, 4) is 5.75 Å². The van der Waals surface area contributed by atoms with E-state index in [4.69, 9.17) is 9.47 Å². The van der Waals surface area contributed by atoms with Crippen molar-refractivity contribution in [1.82, 2.24) is 5.32 Å². The predicted molar refractivity (Wildman–Crippen MR) is 70.5 cm³/mol. The van der Waals surface area contributed by atoms with Crippen LogP contribution in [0.3, 0.4) is 0 Å². The van der Waals surface area contributed by atoms with E-state index in [-0.39, 0.29) is 18.7 Å². The Kier molecular flexibility index (Phi) is 6.22. The summed E-state index contributed by atoms with van der Waals surface area (Å²) in [7, 11) is 0. The average molecular weight is 251 g/mol. The molecule has 0 aliphatic heterocycles. The minimum absolute atomic E-state index is 0.0527. The van der Waals surface area contributed by atoms with Crippen molar-refractivity contribution in [2.24, 2.45) is 0 Å². The molecule has 0 saturated heterocycles. The van der Waals surface area contributed by atoms with Gasteiger partial charge >= 0.3 is 5.97 Å². The second kappa shape index (κ2) is 7.71. The summed E-state index contributed by atoms with van der Waals surface area (Å²) in [5.41, 5.74) is 1.13. The summed E-state index contributed by atoms with van der Waals surface area (Å²) in [4.78, 5) is 11.3. The van der Waals surface area contributed by atoms with Crippen LogP contribution in [0.15, 0.2) is 24.3 Å². The van der Waals surface area contributed by atoms with Crippen LogP contribution in [-0.4, -0.2) is 25.2 Å². The third-order valence-corrected chi connectivity index (χ3v) is 2.20. The normalized spacial score (nSPS) is 10.4. The average Bonchev–Trinajstić information content (AvgIpc) is 2.33. The van der Waals surface area contributed by atoms with Crippen LogP contribution in [0.25, 0.3) is 0 Å². The highest BCUT2D eigenvalue weighted by Gasteiger charge is 2.06. The second-order valence-electron chi connectivity index (χ2n) is 4.26. The van der Waals surface area contributed by atoms with E-state index in [0.29, 0.717) is 5.75 Å². The van der Waals surface area contributed by atoms with Crippen molar-refractivity contribution in [3.63, 3.8) is 0 Å². The molecular weight excluding hydrogens is 230 g/mol. The van der Waals surface area contributed by atoms with E-state index in [1.54, 1.807) is 0 Å². The van der Waals surface area contributed by atoms with E-state index in [9.17, 15) is 4.79 Å². The molecule has 1 rings (SSSR count). The number of rotatable bonds is 7. The zero-order valence-corrected chi connectivity index (χ0v) is 11.2. The van der Waals surface area contributed by atoms with Gasteiger partial charge in [0.2, 0.25) is 0 Å². The summed E-state index contributed by atoms with van der Waals surface area (Å²) in [6.07, 6.45) is -0.110. The Bertz CT molecular complexity index is 377. The predicted octanol–water partition coefficient (Wildman–Crippen LogP) is 2.13. The van der Waals surface area contributed by atoms with Crippen molar-refractivity contribution in [2.75, 3.05) is 13.2 Å². The van der Waals surface area contributed by atoms with Gasteiger partial charge in [0.1, 0.15) is 5.75 Å². The van der Waals surface area contributed by atoms with Gasteiger partial charge in [0, 0.05) is 6.54 Å². The molecule has 0 atom stereocenters. The van der Waals surface area contributed by atoms with Crippen molar-refractivity contribution in [2.45, 2.75) is 33.4 Å². The quantitative estimate of drug-likeness (QED) is 0.754. The Morgan fingerprint density at radius 2 is 2.17 bits per heavy atom. The molecule has 0 radical (unpaired) electrons. The fourth-order valence-electron chi connectivity index (χ4n) is 1.45. The summed E-state index contributed by atoms with van der Waals surface area (Å²) >= 11 is 0. The maximum atomic E-state index is 11.3. The second-order valence-corrected chi connectivity index (χ2v) is 4.26. The van der Waals surface area contributed by atoms with Crippen LogP contribution in [0.2, 0.25) is 0 Å². The van der Waals surface area contributed by atoms with Crippen molar-refractivity contribution in [1.29, 1.82) is 0 Å². The number of ether oxygens (including phenoxy) is 2. The molecule has 4 heteroatoms. The number of hydrogen-bond donors (Lipinski definition) is 1. The largest absolute Gasteiger partial charge is 0.482 e. The van der Waals surface area contributed by atoms with Crippen LogP contribution >= 0.6 is 0 Å². The molecule has 100 valence electrons. The van der Waals surface area contributed by atoms with E-state index in [2.05, 4.69) is 12.2 Å². The minimum atomic E-state index is -0.345. The number of carbonyl (C=O) groups is 1. The van der Waals surface area contributed by atoms with Crippen LogP contribution in [0.4, 0.5) is 0 Å². The Hall–Kier alpha value is -1.55. The maximum Gasteiger partial charge on any atom is 0.344 e. The molecule has 0 amide bonds. The Morgan fingerprint density at radius 1 is 1.39 bits per heavy atom. The molecule has 0 aliphatic rings. The SMILES string of the molecule is CCNCc1cccc(OCC(=O)OC(C)C)c1. The smallest absolute Gasteiger partial charge is 0.344 e. The maximum absolute atomic E-state index is 11.3. The lowest BCUT2D eigenvalue weighted by atomic mass is 10.2. The first-order valence-electron chi connectivity index (χ1n) is 6.23.